The van der Waals surface area contributed by atoms with Crippen LogP contribution in [0.4, 0.5) is 0 Å². The van der Waals surface area contributed by atoms with Crippen molar-refractivity contribution in [3.63, 3.8) is 0 Å². The Bertz CT molecular complexity index is 499. The highest BCUT2D eigenvalue weighted by molar-refractivity contribution is 5.83. The Hall–Kier alpha value is -1.97. The summed E-state index contributed by atoms with van der Waals surface area (Å²) < 4.78 is 10.6. The van der Waals surface area contributed by atoms with Crippen LogP contribution in [0.5, 0.6) is 11.5 Å². The zero-order valence-electron chi connectivity index (χ0n) is 13.8. The second-order valence-corrected chi connectivity index (χ2v) is 5.28. The molecule has 0 saturated carbocycles. The first-order valence-corrected chi connectivity index (χ1v) is 6.96. The Kier molecular flexibility index (Phi) is 6.28. The lowest BCUT2D eigenvalue weighted by Gasteiger charge is -2.17. The van der Waals surface area contributed by atoms with Crippen molar-refractivity contribution in [3.8, 4) is 11.5 Å². The second-order valence-electron chi connectivity index (χ2n) is 5.28. The molecule has 4 heteroatoms. The van der Waals surface area contributed by atoms with Crippen LogP contribution in [0, 0.1) is 0 Å². The highest BCUT2D eigenvalue weighted by atomic mass is 16.5. The summed E-state index contributed by atoms with van der Waals surface area (Å²) in [4.78, 5) is 14.0. The Balaban J connectivity index is 3.11. The number of nitrogens with zero attached hydrogens (tertiary/aromatic N) is 1. The summed E-state index contributed by atoms with van der Waals surface area (Å²) in [7, 11) is 7.20. The number of rotatable bonds is 7. The van der Waals surface area contributed by atoms with E-state index >= 15 is 0 Å². The Morgan fingerprint density at radius 1 is 1.14 bits per heavy atom. The van der Waals surface area contributed by atoms with E-state index in [0.717, 1.165) is 11.3 Å². The zero-order chi connectivity index (χ0) is 16.0. The predicted molar refractivity (Wildman–Crippen MR) is 85.0 cm³/mol. The fraction of sp³-hybridized carbons (Fsp3) is 0.471. The van der Waals surface area contributed by atoms with Crippen LogP contribution >= 0.6 is 0 Å². The molecule has 21 heavy (non-hydrogen) atoms. The third-order valence-electron chi connectivity index (χ3n) is 3.62. The molecule has 116 valence electrons. The molecule has 0 N–H and O–H groups in total. The summed E-state index contributed by atoms with van der Waals surface area (Å²) in [5.74, 6) is 1.34. The molecule has 1 aromatic rings. The number of methoxy groups -OCH3 is 2. The third-order valence-corrected chi connectivity index (χ3v) is 3.62. The molecule has 0 saturated heterocycles. The number of hydrogen-bond acceptors (Lipinski definition) is 4. The van der Waals surface area contributed by atoms with Gasteiger partial charge in [0.1, 0.15) is 17.3 Å². The second kappa shape index (κ2) is 7.72. The molecule has 0 bridgehead atoms. The monoisotopic (exact) mass is 291 g/mol. The molecule has 0 heterocycles. The summed E-state index contributed by atoms with van der Waals surface area (Å²) in [5, 5.41) is 0. The summed E-state index contributed by atoms with van der Waals surface area (Å²) >= 11 is 0. The maximum atomic E-state index is 12.0. The van der Waals surface area contributed by atoms with Gasteiger partial charge in [-0.1, -0.05) is 6.08 Å². The van der Waals surface area contributed by atoms with Crippen LogP contribution in [-0.4, -0.2) is 39.0 Å². The average Bonchev–Trinajstić information content (AvgIpc) is 2.46. The van der Waals surface area contributed by atoms with Crippen molar-refractivity contribution in [1.29, 1.82) is 0 Å². The van der Waals surface area contributed by atoms with Crippen LogP contribution in [0.25, 0.3) is 0 Å². The summed E-state index contributed by atoms with van der Waals surface area (Å²) in [6.45, 7) is 3.65. The van der Waals surface area contributed by atoms with Gasteiger partial charge in [0.2, 0.25) is 0 Å². The van der Waals surface area contributed by atoms with E-state index in [2.05, 4.69) is 6.08 Å². The standard InChI is InChI=1S/C17H25NO3/c1-12(18(3)4)7-8-17(13(2)19)14-9-15(20-5)11-16(10-14)21-6/h7,9-11,17H,8H2,1-6H3/b12-7+. The van der Waals surface area contributed by atoms with Crippen LogP contribution in [0.3, 0.4) is 0 Å². The average molecular weight is 291 g/mol. The van der Waals surface area contributed by atoms with E-state index in [4.69, 9.17) is 9.47 Å². The van der Waals surface area contributed by atoms with Crippen molar-refractivity contribution in [2.75, 3.05) is 28.3 Å². The Morgan fingerprint density at radius 2 is 1.67 bits per heavy atom. The number of Topliss-reactive ketones (excluding diaryl/α,β-unsaturated/α-hetero) is 1. The molecule has 1 unspecified atom stereocenters. The molecule has 0 radical (unpaired) electrons. The van der Waals surface area contributed by atoms with Crippen LogP contribution in [0.15, 0.2) is 30.0 Å². The highest BCUT2D eigenvalue weighted by Gasteiger charge is 2.18. The molecule has 0 aliphatic carbocycles. The summed E-state index contributed by atoms with van der Waals surface area (Å²) in [6, 6.07) is 5.60. The van der Waals surface area contributed by atoms with Crippen molar-refractivity contribution in [2.45, 2.75) is 26.2 Å². The van der Waals surface area contributed by atoms with Gasteiger partial charge >= 0.3 is 0 Å². The maximum Gasteiger partial charge on any atom is 0.137 e. The number of carbonyl (C=O) groups excluding carboxylic acids is 1. The lowest BCUT2D eigenvalue weighted by Crippen LogP contribution is -2.11. The fourth-order valence-electron chi connectivity index (χ4n) is 2.04. The lowest BCUT2D eigenvalue weighted by atomic mass is 9.91. The number of ether oxygens (including phenoxy) is 2. The first kappa shape index (κ1) is 17.1. The van der Waals surface area contributed by atoms with Gasteiger partial charge in [-0.25, -0.2) is 0 Å². The number of hydrogen-bond donors (Lipinski definition) is 0. The van der Waals surface area contributed by atoms with Crippen LogP contribution in [0.2, 0.25) is 0 Å². The van der Waals surface area contributed by atoms with Crippen molar-refractivity contribution in [3.05, 3.63) is 35.5 Å². The normalized spacial score (nSPS) is 12.8. The topological polar surface area (TPSA) is 38.8 Å². The van der Waals surface area contributed by atoms with Crippen molar-refractivity contribution >= 4 is 5.78 Å². The number of benzene rings is 1. The molecule has 0 aromatic heterocycles. The number of carbonyl (C=O) groups is 1. The van der Waals surface area contributed by atoms with E-state index in [1.165, 1.54) is 0 Å². The lowest BCUT2D eigenvalue weighted by molar-refractivity contribution is -0.118. The van der Waals surface area contributed by atoms with Gasteiger partial charge in [-0.05, 0) is 38.0 Å². The van der Waals surface area contributed by atoms with Crippen LogP contribution < -0.4 is 9.47 Å². The predicted octanol–water partition coefficient (Wildman–Crippen LogP) is 3.23. The van der Waals surface area contributed by atoms with Crippen LogP contribution in [0.1, 0.15) is 31.7 Å². The molecule has 1 aromatic carbocycles. The van der Waals surface area contributed by atoms with Crippen molar-refractivity contribution in [2.24, 2.45) is 0 Å². The van der Waals surface area contributed by atoms with E-state index in [-0.39, 0.29) is 11.7 Å². The van der Waals surface area contributed by atoms with E-state index in [9.17, 15) is 4.79 Å². The summed E-state index contributed by atoms with van der Waals surface area (Å²) in [5.41, 5.74) is 2.05. The number of allylic oxidation sites excluding steroid dienone is 2. The SMILES string of the molecule is COc1cc(OC)cc(C(C/C=C(\C)N(C)C)C(C)=O)c1. The van der Waals surface area contributed by atoms with Crippen molar-refractivity contribution in [1.82, 2.24) is 4.90 Å². The van der Waals surface area contributed by atoms with E-state index < -0.39 is 0 Å². The molecular weight excluding hydrogens is 266 g/mol. The van der Waals surface area contributed by atoms with Gasteiger partial charge in [0.25, 0.3) is 0 Å². The maximum absolute atomic E-state index is 12.0. The van der Waals surface area contributed by atoms with E-state index in [0.29, 0.717) is 17.9 Å². The van der Waals surface area contributed by atoms with Gasteiger partial charge in [-0.3, -0.25) is 4.79 Å². The van der Waals surface area contributed by atoms with Crippen molar-refractivity contribution < 1.29 is 14.3 Å². The Labute approximate surface area is 127 Å². The largest absolute Gasteiger partial charge is 0.497 e. The molecule has 1 rings (SSSR count). The quantitative estimate of drug-likeness (QED) is 0.773. The van der Waals surface area contributed by atoms with Gasteiger partial charge in [-0.15, -0.1) is 0 Å². The molecule has 0 amide bonds. The fourth-order valence-corrected chi connectivity index (χ4v) is 2.04. The highest BCUT2D eigenvalue weighted by Crippen LogP contribution is 2.30. The zero-order valence-corrected chi connectivity index (χ0v) is 13.8. The molecular formula is C17H25NO3. The van der Waals surface area contributed by atoms with E-state index in [1.54, 1.807) is 21.1 Å². The Morgan fingerprint density at radius 3 is 2.05 bits per heavy atom. The molecule has 0 spiro atoms. The summed E-state index contributed by atoms with van der Waals surface area (Å²) in [6.07, 6.45) is 2.74. The molecule has 0 aliphatic rings. The molecule has 0 aliphatic heterocycles. The smallest absolute Gasteiger partial charge is 0.137 e. The van der Waals surface area contributed by atoms with Gasteiger partial charge < -0.3 is 14.4 Å². The minimum absolute atomic E-state index is 0.133. The minimum Gasteiger partial charge on any atom is -0.497 e. The van der Waals surface area contributed by atoms with Gasteiger partial charge in [0, 0.05) is 31.8 Å². The molecule has 4 nitrogen and oxygen atoms in total. The number of ketones is 1. The minimum atomic E-state index is -0.191. The first-order valence-electron chi connectivity index (χ1n) is 6.96. The van der Waals surface area contributed by atoms with Crippen LogP contribution in [-0.2, 0) is 4.79 Å². The van der Waals surface area contributed by atoms with Gasteiger partial charge in [-0.2, -0.15) is 0 Å². The third kappa shape index (κ3) is 4.81. The first-order chi connectivity index (χ1) is 9.88. The van der Waals surface area contributed by atoms with Gasteiger partial charge in [0.05, 0.1) is 14.2 Å². The van der Waals surface area contributed by atoms with E-state index in [1.807, 2.05) is 44.1 Å². The molecule has 0 fully saturated rings. The van der Waals surface area contributed by atoms with Gasteiger partial charge in [0.15, 0.2) is 0 Å². The molecule has 1 atom stereocenters.